The molecule has 0 saturated carbocycles. The molecule has 2 aliphatic rings. The molecule has 0 bridgehead atoms. The topological polar surface area (TPSA) is 94.5 Å². The van der Waals surface area contributed by atoms with Gasteiger partial charge in [-0.1, -0.05) is 23.2 Å². The highest BCUT2D eigenvalue weighted by Gasteiger charge is 2.50. The summed E-state index contributed by atoms with van der Waals surface area (Å²) in [6, 6.07) is 0. The van der Waals surface area contributed by atoms with Crippen LogP contribution in [0, 0.1) is 0 Å². The fourth-order valence-corrected chi connectivity index (χ4v) is 2.12. The molecule has 2 N–H and O–H groups in total. The monoisotopic (exact) mass is 316 g/mol. The number of aliphatic hydroxyl groups excluding tert-OH is 2. The minimum atomic E-state index is -1.51. The molecule has 0 aliphatic carbocycles. The van der Waals surface area contributed by atoms with E-state index in [0.717, 1.165) is 0 Å². The fraction of sp³-hybridized carbons (Fsp3) is 0.900. The summed E-state index contributed by atoms with van der Waals surface area (Å²) in [4.78, 5) is 10.0. The summed E-state index contributed by atoms with van der Waals surface area (Å²) in [6.07, 6.45) is -6.06. The lowest BCUT2D eigenvalue weighted by Crippen LogP contribution is -2.63. The van der Waals surface area contributed by atoms with Gasteiger partial charge in [-0.2, -0.15) is 0 Å². The minimum Gasteiger partial charge on any atom is -0.454 e. The summed E-state index contributed by atoms with van der Waals surface area (Å²) in [6.45, 7) is 1.80. The zero-order valence-electron chi connectivity index (χ0n) is 9.94. The number of rotatable bonds is 2. The van der Waals surface area contributed by atoms with E-state index in [0.29, 0.717) is 0 Å². The first-order valence-electron chi connectivity index (χ1n) is 5.67. The molecule has 2 rings (SSSR count). The fourth-order valence-electron chi connectivity index (χ4n) is 2.02. The number of fused-ring (bicyclic) bond motifs is 1. The third kappa shape index (κ3) is 3.30. The van der Waals surface area contributed by atoms with Gasteiger partial charge in [0.15, 0.2) is 18.7 Å². The normalized spacial score (nSPS) is 42.8. The van der Waals surface area contributed by atoms with E-state index in [9.17, 15) is 15.0 Å². The molecular formula is C10H14Cl2O7. The number of alkyl halides is 2. The maximum absolute atomic E-state index is 11.4. The highest BCUT2D eigenvalue weighted by atomic mass is 35.5. The molecule has 7 nitrogen and oxygen atoms in total. The van der Waals surface area contributed by atoms with Gasteiger partial charge in [-0.25, -0.2) is 4.79 Å². The SMILES string of the molecule is C[C@@H]1OC[C@H]2OC(O)[C@H](O)[C@@H](OC(=O)C(Cl)Cl)[C@@H]2O1. The number of aliphatic hydroxyl groups is 2. The molecule has 0 aromatic rings. The van der Waals surface area contributed by atoms with Gasteiger partial charge < -0.3 is 29.2 Å². The largest absolute Gasteiger partial charge is 0.454 e. The van der Waals surface area contributed by atoms with E-state index in [4.69, 9.17) is 42.1 Å². The first-order chi connectivity index (χ1) is 8.90. The van der Waals surface area contributed by atoms with Crippen LogP contribution in [0.2, 0.25) is 0 Å². The number of carbonyl (C=O) groups excluding carboxylic acids is 1. The Morgan fingerprint density at radius 2 is 2.05 bits per heavy atom. The summed E-state index contributed by atoms with van der Waals surface area (Å²) >= 11 is 10.8. The Balaban J connectivity index is 2.12. The molecule has 0 aromatic carbocycles. The minimum absolute atomic E-state index is 0.148. The summed E-state index contributed by atoms with van der Waals surface area (Å²) in [5.41, 5.74) is 0. The van der Waals surface area contributed by atoms with Crippen molar-refractivity contribution in [3.05, 3.63) is 0 Å². The van der Waals surface area contributed by atoms with Gasteiger partial charge in [0.25, 0.3) is 0 Å². The van der Waals surface area contributed by atoms with E-state index in [1.54, 1.807) is 6.92 Å². The molecule has 0 spiro atoms. The van der Waals surface area contributed by atoms with E-state index in [-0.39, 0.29) is 6.61 Å². The smallest absolute Gasteiger partial charge is 0.339 e. The highest BCUT2D eigenvalue weighted by molar-refractivity contribution is 6.52. The van der Waals surface area contributed by atoms with Crippen LogP contribution in [-0.2, 0) is 23.7 Å². The van der Waals surface area contributed by atoms with Gasteiger partial charge >= 0.3 is 5.97 Å². The van der Waals surface area contributed by atoms with Crippen molar-refractivity contribution in [1.82, 2.24) is 0 Å². The molecule has 1 unspecified atom stereocenters. The molecule has 6 atom stereocenters. The van der Waals surface area contributed by atoms with Crippen LogP contribution >= 0.6 is 23.2 Å². The molecule has 0 aromatic heterocycles. The highest BCUT2D eigenvalue weighted by Crippen LogP contribution is 2.29. The Morgan fingerprint density at radius 3 is 2.68 bits per heavy atom. The van der Waals surface area contributed by atoms with Crippen LogP contribution < -0.4 is 0 Å². The number of esters is 1. The Hall–Kier alpha value is -0.150. The second kappa shape index (κ2) is 6.09. The Bertz CT molecular complexity index is 340. The molecule has 19 heavy (non-hydrogen) atoms. The molecule has 2 saturated heterocycles. The van der Waals surface area contributed by atoms with E-state index in [1.165, 1.54) is 0 Å². The van der Waals surface area contributed by atoms with Crippen LogP contribution in [0.25, 0.3) is 0 Å². The average molecular weight is 317 g/mol. The van der Waals surface area contributed by atoms with Gasteiger partial charge in [0.1, 0.15) is 18.3 Å². The maximum atomic E-state index is 11.4. The van der Waals surface area contributed by atoms with Gasteiger partial charge in [-0.15, -0.1) is 0 Å². The number of hydrogen-bond donors (Lipinski definition) is 2. The number of carbonyl (C=O) groups is 1. The van der Waals surface area contributed by atoms with Crippen LogP contribution in [0.3, 0.4) is 0 Å². The molecule has 110 valence electrons. The predicted octanol–water partition coefficient (Wildman–Crippen LogP) is -0.459. The quantitative estimate of drug-likeness (QED) is 0.526. The van der Waals surface area contributed by atoms with Crippen LogP contribution in [0.1, 0.15) is 6.92 Å². The Labute approximate surface area is 119 Å². The van der Waals surface area contributed by atoms with E-state index < -0.39 is 47.8 Å². The van der Waals surface area contributed by atoms with E-state index in [2.05, 4.69) is 0 Å². The maximum Gasteiger partial charge on any atom is 0.339 e. The van der Waals surface area contributed by atoms with Gasteiger partial charge in [0, 0.05) is 0 Å². The van der Waals surface area contributed by atoms with Crippen molar-refractivity contribution in [2.24, 2.45) is 0 Å². The summed E-state index contributed by atoms with van der Waals surface area (Å²) < 4.78 is 20.7. The molecule has 0 radical (unpaired) electrons. The summed E-state index contributed by atoms with van der Waals surface area (Å²) in [5, 5.41) is 19.4. The Kier molecular flexibility index (Phi) is 4.88. The van der Waals surface area contributed by atoms with Crippen molar-refractivity contribution >= 4 is 29.2 Å². The van der Waals surface area contributed by atoms with E-state index >= 15 is 0 Å². The third-order valence-electron chi connectivity index (χ3n) is 2.91. The number of hydrogen-bond acceptors (Lipinski definition) is 7. The average Bonchev–Trinajstić information content (AvgIpc) is 2.35. The van der Waals surface area contributed by atoms with Crippen molar-refractivity contribution in [2.45, 2.75) is 48.8 Å². The van der Waals surface area contributed by atoms with Crippen molar-refractivity contribution in [1.29, 1.82) is 0 Å². The van der Waals surface area contributed by atoms with Crippen molar-refractivity contribution in [3.8, 4) is 0 Å². The number of ether oxygens (including phenoxy) is 4. The van der Waals surface area contributed by atoms with Crippen LogP contribution in [0.4, 0.5) is 0 Å². The molecular weight excluding hydrogens is 303 g/mol. The molecule has 2 heterocycles. The molecule has 2 aliphatic heterocycles. The van der Waals surface area contributed by atoms with Gasteiger partial charge in [0.05, 0.1) is 6.61 Å². The lowest BCUT2D eigenvalue weighted by Gasteiger charge is -2.45. The van der Waals surface area contributed by atoms with Crippen LogP contribution in [0.15, 0.2) is 0 Å². The van der Waals surface area contributed by atoms with Crippen molar-refractivity contribution in [2.75, 3.05) is 6.61 Å². The van der Waals surface area contributed by atoms with E-state index in [1.807, 2.05) is 0 Å². The van der Waals surface area contributed by atoms with Crippen LogP contribution in [-0.4, -0.2) is 64.6 Å². The Morgan fingerprint density at radius 1 is 1.37 bits per heavy atom. The third-order valence-corrected chi connectivity index (χ3v) is 3.26. The summed E-state index contributed by atoms with van der Waals surface area (Å²) in [7, 11) is 0. The predicted molar refractivity (Wildman–Crippen MR) is 62.5 cm³/mol. The zero-order valence-corrected chi connectivity index (χ0v) is 11.5. The molecule has 2 fully saturated rings. The van der Waals surface area contributed by atoms with Crippen molar-refractivity contribution < 1.29 is 34.0 Å². The first kappa shape index (κ1) is 15.2. The second-order valence-electron chi connectivity index (χ2n) is 4.26. The zero-order chi connectivity index (χ0) is 14.2. The number of halogens is 2. The molecule has 0 amide bonds. The standard InChI is InChI=1S/C10H14Cl2O7/c1-3-16-2-4-6(17-3)7(5(13)9(14)18-4)19-10(15)8(11)12/h3-9,13-14H,2H2,1H3/t3-,4-,5-,6-,7-,9?/m1/s1. The van der Waals surface area contributed by atoms with Crippen LogP contribution in [0.5, 0.6) is 0 Å². The summed E-state index contributed by atoms with van der Waals surface area (Å²) in [5.74, 6) is -0.928. The molecule has 9 heteroatoms. The van der Waals surface area contributed by atoms with Gasteiger partial charge in [-0.3, -0.25) is 0 Å². The second-order valence-corrected chi connectivity index (χ2v) is 5.36. The lowest BCUT2D eigenvalue weighted by atomic mass is 9.98. The van der Waals surface area contributed by atoms with Gasteiger partial charge in [-0.05, 0) is 6.92 Å². The first-order valence-corrected chi connectivity index (χ1v) is 6.54. The van der Waals surface area contributed by atoms with Gasteiger partial charge in [0.2, 0.25) is 4.84 Å². The van der Waals surface area contributed by atoms with Crippen molar-refractivity contribution in [3.63, 3.8) is 0 Å². The lowest BCUT2D eigenvalue weighted by molar-refractivity contribution is -0.349.